The minimum absolute atomic E-state index is 0.0959. The van der Waals surface area contributed by atoms with Crippen molar-refractivity contribution < 1.29 is 14.3 Å². The monoisotopic (exact) mass is 476 g/mol. The molecule has 1 saturated carbocycles. The minimum atomic E-state index is 0.0959. The van der Waals surface area contributed by atoms with Crippen molar-refractivity contribution in [3.05, 3.63) is 64.7 Å². The highest BCUT2D eigenvalue weighted by Gasteiger charge is 2.26. The van der Waals surface area contributed by atoms with Crippen molar-refractivity contribution in [1.82, 2.24) is 9.80 Å². The van der Waals surface area contributed by atoms with Crippen LogP contribution in [0.25, 0.3) is 0 Å². The zero-order valence-corrected chi connectivity index (χ0v) is 21.4. The predicted molar refractivity (Wildman–Crippen MR) is 139 cm³/mol. The van der Waals surface area contributed by atoms with Gasteiger partial charge in [0.1, 0.15) is 5.75 Å². The van der Waals surface area contributed by atoms with E-state index in [2.05, 4.69) is 30.1 Å². The molecule has 1 saturated heterocycles. The molecule has 1 amide bonds. The van der Waals surface area contributed by atoms with E-state index in [9.17, 15) is 4.79 Å². The first-order chi connectivity index (χ1) is 17.0. The number of carbonyl (C=O) groups excluding carboxylic acids is 1. The van der Waals surface area contributed by atoms with E-state index in [1.54, 1.807) is 0 Å². The topological polar surface area (TPSA) is 42.0 Å². The molecular weight excluding hydrogens is 436 g/mol. The van der Waals surface area contributed by atoms with Crippen molar-refractivity contribution in [2.24, 2.45) is 11.8 Å². The second-order valence-corrected chi connectivity index (χ2v) is 10.9. The Bertz CT molecular complexity index is 995. The van der Waals surface area contributed by atoms with Crippen LogP contribution in [0.15, 0.2) is 42.5 Å². The second kappa shape index (κ2) is 11.1. The maximum Gasteiger partial charge on any atom is 0.253 e. The van der Waals surface area contributed by atoms with Crippen LogP contribution in [0.4, 0.5) is 0 Å². The van der Waals surface area contributed by atoms with E-state index >= 15 is 0 Å². The normalized spacial score (nSPS) is 20.5. The Hall–Kier alpha value is -2.37. The summed E-state index contributed by atoms with van der Waals surface area (Å²) in [6.45, 7) is 4.75. The molecule has 1 unspecified atom stereocenters. The van der Waals surface area contributed by atoms with Crippen molar-refractivity contribution in [2.45, 2.75) is 57.5 Å². The number of hydrogen-bond acceptors (Lipinski definition) is 4. The molecule has 2 aliphatic carbocycles. The van der Waals surface area contributed by atoms with Gasteiger partial charge >= 0.3 is 0 Å². The van der Waals surface area contributed by atoms with E-state index in [0.29, 0.717) is 0 Å². The van der Waals surface area contributed by atoms with E-state index in [-0.39, 0.29) is 11.9 Å². The van der Waals surface area contributed by atoms with Crippen LogP contribution in [0.1, 0.15) is 59.2 Å². The summed E-state index contributed by atoms with van der Waals surface area (Å²) in [6.07, 6.45) is 7.89. The van der Waals surface area contributed by atoms with Gasteiger partial charge in [0.25, 0.3) is 5.91 Å². The van der Waals surface area contributed by atoms with Gasteiger partial charge in [0.15, 0.2) is 0 Å². The third-order valence-electron chi connectivity index (χ3n) is 7.99. The summed E-state index contributed by atoms with van der Waals surface area (Å²) >= 11 is 0. The van der Waals surface area contributed by atoms with Crippen molar-refractivity contribution in [3.8, 4) is 5.75 Å². The Labute approximate surface area is 210 Å². The molecule has 0 N–H and O–H groups in total. The molecule has 3 aliphatic rings. The first-order valence-corrected chi connectivity index (χ1v) is 13.4. The lowest BCUT2D eigenvalue weighted by molar-refractivity contribution is 0.0549. The smallest absolute Gasteiger partial charge is 0.253 e. The third kappa shape index (κ3) is 6.45. The fourth-order valence-corrected chi connectivity index (χ4v) is 5.53. The number of rotatable bonds is 9. The Balaban J connectivity index is 1.14. The summed E-state index contributed by atoms with van der Waals surface area (Å²) in [4.78, 5) is 17.6. The van der Waals surface area contributed by atoms with Crippen LogP contribution >= 0.6 is 0 Å². The van der Waals surface area contributed by atoms with Crippen molar-refractivity contribution in [1.29, 1.82) is 0 Å². The number of fused-ring (bicyclic) bond motifs is 1. The predicted octanol–water partition coefficient (Wildman–Crippen LogP) is 4.96. The third-order valence-corrected chi connectivity index (χ3v) is 7.99. The molecule has 35 heavy (non-hydrogen) atoms. The molecule has 0 spiro atoms. The highest BCUT2D eigenvalue weighted by atomic mass is 16.5. The summed E-state index contributed by atoms with van der Waals surface area (Å²) in [5, 5.41) is 0. The molecule has 0 radical (unpaired) electrons. The van der Waals surface area contributed by atoms with Crippen LogP contribution in [0, 0.1) is 11.8 Å². The second-order valence-electron chi connectivity index (χ2n) is 10.9. The molecular formula is C30H40N2O3. The van der Waals surface area contributed by atoms with Crippen LogP contribution < -0.4 is 4.74 Å². The van der Waals surface area contributed by atoms with E-state index < -0.39 is 0 Å². The Morgan fingerprint density at radius 3 is 2.46 bits per heavy atom. The first-order valence-electron chi connectivity index (χ1n) is 13.4. The van der Waals surface area contributed by atoms with Crippen molar-refractivity contribution in [2.75, 3.05) is 40.5 Å². The SMILES string of the molecule is CN(Cc1ccc2c(c1)CCC(N(C)C(=O)c1ccc(OCC3CC3)cc1)C2)CC1CCOCC1. The molecule has 1 atom stereocenters. The fourth-order valence-electron chi connectivity index (χ4n) is 5.53. The zero-order chi connectivity index (χ0) is 24.2. The van der Waals surface area contributed by atoms with Gasteiger partial charge in [-0.25, -0.2) is 0 Å². The average Bonchev–Trinajstić information content (AvgIpc) is 3.72. The first kappa shape index (κ1) is 24.3. The number of likely N-dealkylation sites (N-methyl/N-ethyl adjacent to an activating group) is 1. The van der Waals surface area contributed by atoms with E-state index in [4.69, 9.17) is 9.47 Å². The van der Waals surface area contributed by atoms with Gasteiger partial charge in [-0.15, -0.1) is 0 Å². The van der Waals surface area contributed by atoms with E-state index in [1.165, 1.54) is 42.4 Å². The van der Waals surface area contributed by atoms with Crippen LogP contribution in [-0.2, 0) is 24.1 Å². The summed E-state index contributed by atoms with van der Waals surface area (Å²) in [7, 11) is 4.19. The fraction of sp³-hybridized carbons (Fsp3) is 0.567. The molecule has 5 heteroatoms. The molecule has 2 aromatic carbocycles. The lowest BCUT2D eigenvalue weighted by Crippen LogP contribution is -2.40. The average molecular weight is 477 g/mol. The van der Waals surface area contributed by atoms with Crippen LogP contribution in [0.2, 0.25) is 0 Å². The van der Waals surface area contributed by atoms with Gasteiger partial charge in [-0.05, 0) is 105 Å². The molecule has 0 bridgehead atoms. The van der Waals surface area contributed by atoms with Gasteiger partial charge in [0.05, 0.1) is 6.61 Å². The molecule has 188 valence electrons. The van der Waals surface area contributed by atoms with E-state index in [1.807, 2.05) is 36.2 Å². The number of carbonyl (C=O) groups is 1. The minimum Gasteiger partial charge on any atom is -0.493 e. The van der Waals surface area contributed by atoms with Crippen molar-refractivity contribution >= 4 is 5.91 Å². The number of benzene rings is 2. The number of nitrogens with zero attached hydrogens (tertiary/aromatic N) is 2. The Morgan fingerprint density at radius 2 is 1.71 bits per heavy atom. The molecule has 5 rings (SSSR count). The van der Waals surface area contributed by atoms with Crippen LogP contribution in [-0.4, -0.2) is 62.2 Å². The van der Waals surface area contributed by atoms with Gasteiger partial charge in [-0.2, -0.15) is 0 Å². The Morgan fingerprint density at radius 1 is 0.943 bits per heavy atom. The maximum atomic E-state index is 13.2. The molecule has 2 fully saturated rings. The molecule has 5 nitrogen and oxygen atoms in total. The highest BCUT2D eigenvalue weighted by molar-refractivity contribution is 5.94. The Kier molecular flexibility index (Phi) is 7.74. The number of hydrogen-bond donors (Lipinski definition) is 0. The number of amides is 1. The lowest BCUT2D eigenvalue weighted by Gasteiger charge is -2.33. The zero-order valence-electron chi connectivity index (χ0n) is 21.4. The van der Waals surface area contributed by atoms with Gasteiger partial charge in [-0.3, -0.25) is 4.79 Å². The molecule has 1 heterocycles. The van der Waals surface area contributed by atoms with Crippen LogP contribution in [0.5, 0.6) is 5.75 Å². The molecule has 0 aromatic heterocycles. The quantitative estimate of drug-likeness (QED) is 0.513. The maximum absolute atomic E-state index is 13.2. The summed E-state index contributed by atoms with van der Waals surface area (Å²) in [5.41, 5.74) is 4.97. The number of aryl methyl sites for hydroxylation is 1. The van der Waals surface area contributed by atoms with Crippen LogP contribution in [0.3, 0.4) is 0 Å². The van der Waals surface area contributed by atoms with Gasteiger partial charge in [-0.1, -0.05) is 18.2 Å². The van der Waals surface area contributed by atoms with Crippen molar-refractivity contribution in [3.63, 3.8) is 0 Å². The van der Waals surface area contributed by atoms with Gasteiger partial charge in [0, 0.05) is 45.0 Å². The summed E-state index contributed by atoms with van der Waals surface area (Å²) < 4.78 is 11.3. The van der Waals surface area contributed by atoms with E-state index in [0.717, 1.165) is 75.3 Å². The molecule has 1 aliphatic heterocycles. The van der Waals surface area contributed by atoms with Gasteiger partial charge in [0.2, 0.25) is 0 Å². The lowest BCUT2D eigenvalue weighted by atomic mass is 9.86. The largest absolute Gasteiger partial charge is 0.493 e. The summed E-state index contributed by atoms with van der Waals surface area (Å²) in [5.74, 6) is 2.44. The van der Waals surface area contributed by atoms with Gasteiger partial charge < -0.3 is 19.3 Å². The highest BCUT2D eigenvalue weighted by Crippen LogP contribution is 2.30. The summed E-state index contributed by atoms with van der Waals surface area (Å²) in [6, 6.07) is 14.9. The number of ether oxygens (including phenoxy) is 2. The standard InChI is InChI=1S/C30H40N2O3/c1-31(19-22-13-15-34-16-14-22)20-24-5-6-27-18-28(10-7-26(27)17-24)32(2)30(33)25-8-11-29(12-9-25)35-21-23-3-4-23/h5-6,8-9,11-12,17,22-23,28H,3-4,7,10,13-16,18-21H2,1-2H3. The molecule has 2 aromatic rings.